The molecule has 1 unspecified atom stereocenters. The lowest BCUT2D eigenvalue weighted by Crippen LogP contribution is -2.17. The molecule has 2 aromatic rings. The number of hydrogen-bond donors (Lipinski definition) is 3. The minimum absolute atomic E-state index is 0.282. The summed E-state index contributed by atoms with van der Waals surface area (Å²) in [5.74, 6) is 0. The molecule has 1 aliphatic rings. The summed E-state index contributed by atoms with van der Waals surface area (Å²) in [4.78, 5) is 12.4. The van der Waals surface area contributed by atoms with Crippen molar-refractivity contribution >= 4 is 41.2 Å². The van der Waals surface area contributed by atoms with Crippen LogP contribution in [0.1, 0.15) is 22.8 Å². The summed E-state index contributed by atoms with van der Waals surface area (Å²) in [5, 5.41) is 30.8. The molecule has 4 N–H and O–H groups in total. The molecule has 0 radical (unpaired) electrons. The molecule has 8 nitrogen and oxygen atoms in total. The Labute approximate surface area is 197 Å². The molecule has 0 bridgehead atoms. The predicted octanol–water partition coefficient (Wildman–Crippen LogP) is 3.38. The highest BCUT2D eigenvalue weighted by Gasteiger charge is 2.25. The second-order valence-electron chi connectivity index (χ2n) is 7.34. The fraction of sp³-hybridized carbons (Fsp3) is 0.167. The largest absolute Gasteiger partial charge is 0.398 e. The third-order valence-electron chi connectivity index (χ3n) is 5.02. The Hall–Kier alpha value is -3.69. The molecule has 0 aromatic heterocycles. The number of nitrogens with one attached hydrogen (secondary N) is 1. The maximum atomic E-state index is 11.9. The molecule has 1 aliphatic heterocycles. The van der Waals surface area contributed by atoms with E-state index in [1.54, 1.807) is 31.4 Å². The average molecular weight is 463 g/mol. The van der Waals surface area contributed by atoms with E-state index in [1.165, 1.54) is 23.0 Å². The minimum atomic E-state index is -0.953. The normalized spacial score (nSPS) is 15.3. The number of aliphatic hydroxyl groups excluding tert-OH is 1. The summed E-state index contributed by atoms with van der Waals surface area (Å²) < 4.78 is 0. The highest BCUT2D eigenvalue weighted by Crippen LogP contribution is 2.34. The van der Waals surface area contributed by atoms with Crippen molar-refractivity contribution in [2.24, 2.45) is 10.2 Å². The average Bonchev–Trinajstić information content (AvgIpc) is 2.93. The number of thioether (sulfide) groups is 1. The van der Waals surface area contributed by atoms with E-state index in [1.807, 2.05) is 42.5 Å². The predicted molar refractivity (Wildman–Crippen MR) is 135 cm³/mol. The number of hydrogen-bond acceptors (Lipinski definition) is 9. The van der Waals surface area contributed by atoms with Crippen LogP contribution in [0.3, 0.4) is 0 Å². The number of hydrazone groups is 2. The van der Waals surface area contributed by atoms with Crippen molar-refractivity contribution in [3.8, 4) is 0 Å². The van der Waals surface area contributed by atoms with E-state index in [0.717, 1.165) is 5.56 Å². The standard InChI is InChI=1S/C24H26N6O2S/c1-16-20(13-27-29(2)14-18-10-7-11-21(26)19(18)12-25)22(15-31)30(3)28-24(33-16)23(32)17-8-5-4-6-9-17/h4-13,15,23,25,32H,1,14,26H2,2-3H3/b25-12?,27-13-. The van der Waals surface area contributed by atoms with Crippen LogP contribution in [0.5, 0.6) is 0 Å². The number of likely N-dealkylation sites (N-methyl/N-ethyl adjacent to an activating group) is 1. The molecule has 0 amide bonds. The molecule has 0 saturated carbocycles. The molecule has 170 valence electrons. The third kappa shape index (κ3) is 5.57. The Morgan fingerprint density at radius 1 is 1.30 bits per heavy atom. The molecular weight excluding hydrogens is 436 g/mol. The number of aldehydes is 1. The highest BCUT2D eigenvalue weighted by molar-refractivity contribution is 8.17. The van der Waals surface area contributed by atoms with Crippen LogP contribution in [0, 0.1) is 5.41 Å². The van der Waals surface area contributed by atoms with E-state index in [-0.39, 0.29) is 5.70 Å². The molecule has 33 heavy (non-hydrogen) atoms. The van der Waals surface area contributed by atoms with Gasteiger partial charge in [-0.15, -0.1) is 0 Å². The van der Waals surface area contributed by atoms with Gasteiger partial charge in [0.15, 0.2) is 6.29 Å². The van der Waals surface area contributed by atoms with Crippen molar-refractivity contribution in [2.45, 2.75) is 12.6 Å². The lowest BCUT2D eigenvalue weighted by Gasteiger charge is -2.17. The van der Waals surface area contributed by atoms with Crippen LogP contribution < -0.4 is 5.73 Å². The first-order valence-corrected chi connectivity index (χ1v) is 10.9. The quantitative estimate of drug-likeness (QED) is 0.240. The van der Waals surface area contributed by atoms with Gasteiger partial charge in [-0.2, -0.15) is 10.2 Å². The van der Waals surface area contributed by atoms with Gasteiger partial charge in [-0.3, -0.25) is 14.8 Å². The number of rotatable bonds is 8. The molecule has 9 heteroatoms. The number of anilines is 1. The van der Waals surface area contributed by atoms with Gasteiger partial charge in [0.25, 0.3) is 0 Å². The van der Waals surface area contributed by atoms with Crippen molar-refractivity contribution in [1.82, 2.24) is 10.0 Å². The van der Waals surface area contributed by atoms with Crippen LogP contribution in [0.2, 0.25) is 0 Å². The number of nitrogens with two attached hydrogens (primary N) is 1. The van der Waals surface area contributed by atoms with Crippen LogP contribution in [0.15, 0.2) is 81.5 Å². The highest BCUT2D eigenvalue weighted by atomic mass is 32.2. The summed E-state index contributed by atoms with van der Waals surface area (Å²) in [6.07, 6.45) is 2.52. The van der Waals surface area contributed by atoms with Gasteiger partial charge >= 0.3 is 0 Å². The Bertz CT molecular complexity index is 1140. The zero-order valence-electron chi connectivity index (χ0n) is 18.5. The van der Waals surface area contributed by atoms with Crippen LogP contribution in [-0.2, 0) is 11.3 Å². The number of nitrogen functional groups attached to an aromatic ring is 1. The Kier molecular flexibility index (Phi) is 7.81. The number of allylic oxidation sites excluding steroid dienone is 2. The number of carbonyl (C=O) groups is 1. The molecule has 1 heterocycles. The fourth-order valence-electron chi connectivity index (χ4n) is 3.28. The minimum Gasteiger partial charge on any atom is -0.398 e. The van der Waals surface area contributed by atoms with Crippen LogP contribution in [0.4, 0.5) is 5.69 Å². The molecule has 3 rings (SSSR count). The van der Waals surface area contributed by atoms with E-state index in [0.29, 0.717) is 45.2 Å². The Morgan fingerprint density at radius 2 is 2.03 bits per heavy atom. The molecule has 0 fully saturated rings. The lowest BCUT2D eigenvalue weighted by atomic mass is 10.1. The van der Waals surface area contributed by atoms with Gasteiger partial charge in [-0.1, -0.05) is 60.8 Å². The first-order valence-electron chi connectivity index (χ1n) is 10.1. The molecule has 0 saturated heterocycles. The number of benzene rings is 2. The van der Waals surface area contributed by atoms with Crippen LogP contribution in [-0.4, -0.2) is 53.0 Å². The zero-order chi connectivity index (χ0) is 24.0. The Morgan fingerprint density at radius 3 is 2.70 bits per heavy atom. The van der Waals surface area contributed by atoms with E-state index in [4.69, 9.17) is 11.1 Å². The van der Waals surface area contributed by atoms with Gasteiger partial charge < -0.3 is 16.2 Å². The van der Waals surface area contributed by atoms with Gasteiger partial charge in [-0.25, -0.2) is 0 Å². The molecular formula is C24H26N6O2S. The topological polar surface area (TPSA) is 118 Å². The molecule has 2 aromatic carbocycles. The van der Waals surface area contributed by atoms with Crippen LogP contribution in [0.25, 0.3) is 0 Å². The molecule has 0 spiro atoms. The fourth-order valence-corrected chi connectivity index (χ4v) is 4.21. The smallest absolute Gasteiger partial charge is 0.168 e. The first-order chi connectivity index (χ1) is 15.8. The van der Waals surface area contributed by atoms with E-state index < -0.39 is 6.10 Å². The van der Waals surface area contributed by atoms with Crippen LogP contribution >= 0.6 is 11.8 Å². The first kappa shape index (κ1) is 24.0. The van der Waals surface area contributed by atoms with Crippen molar-refractivity contribution in [3.63, 3.8) is 0 Å². The summed E-state index contributed by atoms with van der Waals surface area (Å²) in [7, 11) is 3.42. The third-order valence-corrected chi connectivity index (χ3v) is 6.00. The maximum Gasteiger partial charge on any atom is 0.168 e. The summed E-state index contributed by atoms with van der Waals surface area (Å²) in [5.41, 5.74) is 9.47. The van der Waals surface area contributed by atoms with E-state index in [9.17, 15) is 9.90 Å². The van der Waals surface area contributed by atoms with Gasteiger partial charge in [0.05, 0.1) is 12.8 Å². The van der Waals surface area contributed by atoms with Crippen molar-refractivity contribution in [3.05, 3.63) is 88.0 Å². The SMILES string of the molecule is C=C1SC(C(O)c2ccccc2)=NN(C)C(C=O)=C1/C=N\N(C)Cc1cccc(N)c1C=N. The van der Waals surface area contributed by atoms with Gasteiger partial charge in [-0.05, 0) is 17.2 Å². The van der Waals surface area contributed by atoms with Crippen molar-refractivity contribution in [1.29, 1.82) is 5.41 Å². The second kappa shape index (κ2) is 10.8. The summed E-state index contributed by atoms with van der Waals surface area (Å²) in [6, 6.07) is 14.6. The van der Waals surface area contributed by atoms with Gasteiger partial charge in [0.2, 0.25) is 0 Å². The number of carbonyl (C=O) groups excluding carboxylic acids is 1. The van der Waals surface area contributed by atoms with Gasteiger partial charge in [0, 0.05) is 42.0 Å². The van der Waals surface area contributed by atoms with E-state index in [2.05, 4.69) is 16.8 Å². The Balaban J connectivity index is 1.82. The maximum absolute atomic E-state index is 11.9. The monoisotopic (exact) mass is 462 g/mol. The second-order valence-corrected chi connectivity index (χ2v) is 8.46. The summed E-state index contributed by atoms with van der Waals surface area (Å²) in [6.45, 7) is 4.50. The summed E-state index contributed by atoms with van der Waals surface area (Å²) >= 11 is 1.20. The number of aliphatic hydroxyl groups is 1. The van der Waals surface area contributed by atoms with Gasteiger partial charge in [0.1, 0.15) is 16.8 Å². The molecule has 0 aliphatic carbocycles. The number of nitrogens with zero attached hydrogens (tertiary/aromatic N) is 4. The van der Waals surface area contributed by atoms with Crippen molar-refractivity contribution in [2.75, 3.05) is 19.8 Å². The zero-order valence-corrected chi connectivity index (χ0v) is 19.3. The lowest BCUT2D eigenvalue weighted by molar-refractivity contribution is -0.106. The van der Waals surface area contributed by atoms with Crippen molar-refractivity contribution < 1.29 is 9.90 Å². The molecule has 1 atom stereocenters. The van der Waals surface area contributed by atoms with E-state index >= 15 is 0 Å².